The quantitative estimate of drug-likeness (QED) is 0.604. The highest BCUT2D eigenvalue weighted by Crippen LogP contribution is 2.40. The summed E-state index contributed by atoms with van der Waals surface area (Å²) in [6.45, 7) is 3.01. The number of ether oxygens (including phenoxy) is 1. The maximum Gasteiger partial charge on any atom is 0.337 e. The van der Waals surface area contributed by atoms with Crippen LogP contribution in [0, 0.1) is 0 Å². The van der Waals surface area contributed by atoms with Gasteiger partial charge in [-0.1, -0.05) is 23.9 Å². The summed E-state index contributed by atoms with van der Waals surface area (Å²) in [6.07, 6.45) is 2.45. The van der Waals surface area contributed by atoms with Gasteiger partial charge in [0.2, 0.25) is 0 Å². The maximum absolute atomic E-state index is 11.6. The lowest BCUT2D eigenvalue weighted by atomic mass is 10.1. The number of carbonyl (C=O) groups is 1. The molecular weight excluding hydrogens is 298 g/mol. The Bertz CT molecular complexity index is 680. The largest absolute Gasteiger partial charge is 0.465 e. The van der Waals surface area contributed by atoms with Crippen molar-refractivity contribution in [2.75, 3.05) is 7.11 Å². The summed E-state index contributed by atoms with van der Waals surface area (Å²) in [5.41, 5.74) is 1.66. The van der Waals surface area contributed by atoms with Crippen molar-refractivity contribution in [2.45, 2.75) is 43.1 Å². The summed E-state index contributed by atoms with van der Waals surface area (Å²) in [6, 6.07) is 7.52. The minimum absolute atomic E-state index is 0.306. The Morgan fingerprint density at radius 2 is 2.23 bits per heavy atom. The van der Waals surface area contributed by atoms with Gasteiger partial charge < -0.3 is 9.30 Å². The van der Waals surface area contributed by atoms with Crippen molar-refractivity contribution in [3.8, 4) is 0 Å². The summed E-state index contributed by atoms with van der Waals surface area (Å²) in [7, 11) is 1.40. The Morgan fingerprint density at radius 3 is 2.91 bits per heavy atom. The first-order valence-electron chi connectivity index (χ1n) is 7.46. The molecule has 0 N–H and O–H groups in total. The minimum atomic E-state index is -0.306. The summed E-state index contributed by atoms with van der Waals surface area (Å²) >= 11 is 1.66. The minimum Gasteiger partial charge on any atom is -0.465 e. The van der Waals surface area contributed by atoms with Gasteiger partial charge >= 0.3 is 5.97 Å². The molecule has 1 aromatic carbocycles. The molecule has 1 heterocycles. The number of carbonyl (C=O) groups excluding carboxylic acids is 1. The predicted octanol–water partition coefficient (Wildman–Crippen LogP) is 3.25. The molecule has 1 aromatic heterocycles. The molecule has 5 nitrogen and oxygen atoms in total. The van der Waals surface area contributed by atoms with E-state index in [1.807, 2.05) is 18.2 Å². The molecule has 2 aromatic rings. The lowest BCUT2D eigenvalue weighted by Gasteiger charge is -2.07. The number of hydrogen-bond donors (Lipinski definition) is 0. The summed E-state index contributed by atoms with van der Waals surface area (Å²) < 4.78 is 6.96. The molecule has 22 heavy (non-hydrogen) atoms. The molecule has 3 rings (SSSR count). The van der Waals surface area contributed by atoms with E-state index in [-0.39, 0.29) is 5.97 Å². The van der Waals surface area contributed by atoms with Crippen molar-refractivity contribution in [1.29, 1.82) is 0 Å². The fourth-order valence-corrected chi connectivity index (χ4v) is 3.35. The Hall–Kier alpha value is -1.82. The van der Waals surface area contributed by atoms with Gasteiger partial charge in [-0.15, -0.1) is 10.2 Å². The Morgan fingerprint density at radius 1 is 1.41 bits per heavy atom. The second kappa shape index (κ2) is 6.52. The van der Waals surface area contributed by atoms with Gasteiger partial charge in [-0.25, -0.2) is 4.79 Å². The van der Waals surface area contributed by atoms with Crippen LogP contribution in [0.3, 0.4) is 0 Å². The Balaban J connectivity index is 1.71. The van der Waals surface area contributed by atoms with Crippen molar-refractivity contribution in [3.05, 3.63) is 41.2 Å². The van der Waals surface area contributed by atoms with E-state index in [1.165, 1.54) is 20.0 Å². The third kappa shape index (κ3) is 3.16. The first-order valence-corrected chi connectivity index (χ1v) is 8.44. The molecule has 116 valence electrons. The number of rotatable bonds is 6. The van der Waals surface area contributed by atoms with E-state index in [9.17, 15) is 4.79 Å². The summed E-state index contributed by atoms with van der Waals surface area (Å²) in [5, 5.41) is 9.61. The monoisotopic (exact) mass is 317 g/mol. The summed E-state index contributed by atoms with van der Waals surface area (Å²) in [5.74, 6) is 2.17. The van der Waals surface area contributed by atoms with Gasteiger partial charge in [0.25, 0.3) is 0 Å². The van der Waals surface area contributed by atoms with Crippen LogP contribution in [-0.2, 0) is 17.0 Å². The smallest absolute Gasteiger partial charge is 0.337 e. The highest BCUT2D eigenvalue weighted by molar-refractivity contribution is 7.98. The number of hydrogen-bond acceptors (Lipinski definition) is 5. The standard InChI is InChI=1S/C16H19N3O2S/c1-3-19-14(12-7-8-12)17-18-16(19)22-10-11-5-4-6-13(9-11)15(20)21-2/h4-6,9,12H,3,7-8,10H2,1-2H3. The highest BCUT2D eigenvalue weighted by Gasteiger charge is 2.29. The van der Waals surface area contributed by atoms with Crippen molar-refractivity contribution >= 4 is 17.7 Å². The van der Waals surface area contributed by atoms with Gasteiger partial charge in [-0.2, -0.15) is 0 Å². The predicted molar refractivity (Wildman–Crippen MR) is 85.0 cm³/mol. The van der Waals surface area contributed by atoms with Crippen molar-refractivity contribution in [2.24, 2.45) is 0 Å². The molecule has 1 saturated carbocycles. The average Bonchev–Trinajstić information content (AvgIpc) is 3.32. The first kappa shape index (κ1) is 15.1. The highest BCUT2D eigenvalue weighted by atomic mass is 32.2. The van der Waals surface area contributed by atoms with E-state index in [1.54, 1.807) is 17.8 Å². The number of thioether (sulfide) groups is 1. The molecule has 0 atom stereocenters. The maximum atomic E-state index is 11.6. The molecule has 0 amide bonds. The van der Waals surface area contributed by atoms with Crippen LogP contribution in [-0.4, -0.2) is 27.8 Å². The Kier molecular flexibility index (Phi) is 4.47. The van der Waals surface area contributed by atoms with Crippen LogP contribution < -0.4 is 0 Å². The molecule has 1 fully saturated rings. The molecule has 0 radical (unpaired) electrons. The molecule has 0 bridgehead atoms. The molecule has 0 aliphatic heterocycles. The number of aromatic nitrogens is 3. The SMILES string of the molecule is CCn1c(SCc2cccc(C(=O)OC)c2)nnc1C1CC1. The molecule has 1 aliphatic carbocycles. The van der Waals surface area contributed by atoms with Crippen molar-refractivity contribution < 1.29 is 9.53 Å². The van der Waals surface area contributed by atoms with Crippen LogP contribution in [0.5, 0.6) is 0 Å². The number of methoxy groups -OCH3 is 1. The molecule has 0 saturated heterocycles. The van der Waals surface area contributed by atoms with E-state index in [4.69, 9.17) is 4.74 Å². The van der Waals surface area contributed by atoms with Gasteiger partial charge in [0, 0.05) is 18.2 Å². The van der Waals surface area contributed by atoms with E-state index >= 15 is 0 Å². The first-order chi connectivity index (χ1) is 10.7. The zero-order valence-corrected chi connectivity index (χ0v) is 13.6. The fourth-order valence-electron chi connectivity index (χ4n) is 2.40. The number of esters is 1. The molecule has 6 heteroatoms. The van der Waals surface area contributed by atoms with Crippen LogP contribution in [0.25, 0.3) is 0 Å². The van der Waals surface area contributed by atoms with E-state index in [0.29, 0.717) is 11.5 Å². The molecule has 0 spiro atoms. The number of nitrogens with zero attached hydrogens (tertiary/aromatic N) is 3. The van der Waals surface area contributed by atoms with Crippen LogP contribution in [0.2, 0.25) is 0 Å². The molecule has 1 aliphatic rings. The summed E-state index contributed by atoms with van der Waals surface area (Å²) in [4.78, 5) is 11.6. The zero-order valence-electron chi connectivity index (χ0n) is 12.8. The molecule has 0 unspecified atom stereocenters. The van der Waals surface area contributed by atoms with Crippen LogP contribution in [0.4, 0.5) is 0 Å². The van der Waals surface area contributed by atoms with Crippen molar-refractivity contribution in [1.82, 2.24) is 14.8 Å². The second-order valence-corrected chi connectivity index (χ2v) is 6.28. The second-order valence-electron chi connectivity index (χ2n) is 5.34. The fraction of sp³-hybridized carbons (Fsp3) is 0.438. The third-order valence-corrected chi connectivity index (χ3v) is 4.76. The van der Waals surface area contributed by atoms with Gasteiger partial charge in [0.15, 0.2) is 5.16 Å². The topological polar surface area (TPSA) is 57.0 Å². The van der Waals surface area contributed by atoms with Gasteiger partial charge in [-0.3, -0.25) is 0 Å². The van der Waals surface area contributed by atoms with Crippen molar-refractivity contribution in [3.63, 3.8) is 0 Å². The van der Waals surface area contributed by atoms with Crippen LogP contribution in [0.15, 0.2) is 29.4 Å². The van der Waals surface area contributed by atoms with Gasteiger partial charge in [-0.05, 0) is 37.5 Å². The van der Waals surface area contributed by atoms with E-state index in [0.717, 1.165) is 28.8 Å². The number of benzene rings is 1. The third-order valence-electron chi connectivity index (χ3n) is 3.72. The van der Waals surface area contributed by atoms with E-state index < -0.39 is 0 Å². The molecular formula is C16H19N3O2S. The average molecular weight is 317 g/mol. The van der Waals surface area contributed by atoms with Gasteiger partial charge in [0.1, 0.15) is 5.82 Å². The van der Waals surface area contributed by atoms with Crippen LogP contribution >= 0.6 is 11.8 Å². The normalized spacial score (nSPS) is 14.1. The van der Waals surface area contributed by atoms with E-state index in [2.05, 4.69) is 21.7 Å². The van der Waals surface area contributed by atoms with Crippen LogP contribution in [0.1, 0.15) is 47.4 Å². The van der Waals surface area contributed by atoms with Gasteiger partial charge in [0.05, 0.1) is 12.7 Å². The Labute approximate surface area is 134 Å². The lowest BCUT2D eigenvalue weighted by Crippen LogP contribution is -2.03. The lowest BCUT2D eigenvalue weighted by molar-refractivity contribution is 0.0600. The zero-order chi connectivity index (χ0) is 15.5.